The maximum absolute atomic E-state index is 5.70. The van der Waals surface area contributed by atoms with Crippen molar-refractivity contribution in [3.8, 4) is 0 Å². The minimum Gasteiger partial charge on any atom is -0.370 e. The summed E-state index contributed by atoms with van der Waals surface area (Å²) in [4.78, 5) is 6.59. The SMILES string of the molecule is C=C(C)CN=C(N)NCCCCN(CC)CC. The van der Waals surface area contributed by atoms with Gasteiger partial charge in [-0.2, -0.15) is 0 Å². The quantitative estimate of drug-likeness (QED) is 0.278. The van der Waals surface area contributed by atoms with Crippen molar-refractivity contribution in [3.63, 3.8) is 0 Å². The van der Waals surface area contributed by atoms with Gasteiger partial charge in [-0.1, -0.05) is 26.0 Å². The van der Waals surface area contributed by atoms with Gasteiger partial charge < -0.3 is 16.0 Å². The van der Waals surface area contributed by atoms with Crippen LogP contribution in [0, 0.1) is 0 Å². The molecule has 100 valence electrons. The third-order valence-electron chi connectivity index (χ3n) is 2.62. The molecule has 0 fully saturated rings. The van der Waals surface area contributed by atoms with E-state index in [4.69, 9.17) is 5.73 Å². The normalized spacial score (nSPS) is 11.9. The largest absolute Gasteiger partial charge is 0.370 e. The Morgan fingerprint density at radius 2 is 1.94 bits per heavy atom. The first-order chi connectivity index (χ1) is 8.10. The summed E-state index contributed by atoms with van der Waals surface area (Å²) in [5.74, 6) is 0.524. The molecule has 0 aliphatic carbocycles. The lowest BCUT2D eigenvalue weighted by Gasteiger charge is -2.17. The predicted molar refractivity (Wildman–Crippen MR) is 76.3 cm³/mol. The van der Waals surface area contributed by atoms with Gasteiger partial charge in [0, 0.05) is 6.54 Å². The molecule has 0 aliphatic heterocycles. The molecular formula is C13H28N4. The second kappa shape index (κ2) is 10.1. The Morgan fingerprint density at radius 1 is 1.29 bits per heavy atom. The summed E-state index contributed by atoms with van der Waals surface area (Å²) in [5, 5.41) is 3.12. The first kappa shape index (κ1) is 16.0. The fraction of sp³-hybridized carbons (Fsp3) is 0.769. The van der Waals surface area contributed by atoms with Crippen LogP contribution in [0.1, 0.15) is 33.6 Å². The Bertz CT molecular complexity index is 232. The lowest BCUT2D eigenvalue weighted by Crippen LogP contribution is -2.33. The number of hydrogen-bond donors (Lipinski definition) is 2. The van der Waals surface area contributed by atoms with Crippen LogP contribution < -0.4 is 11.1 Å². The van der Waals surface area contributed by atoms with Crippen molar-refractivity contribution >= 4 is 5.96 Å². The van der Waals surface area contributed by atoms with E-state index in [1.54, 1.807) is 0 Å². The Balaban J connectivity index is 3.50. The highest BCUT2D eigenvalue weighted by Crippen LogP contribution is 1.93. The fourth-order valence-corrected chi connectivity index (χ4v) is 1.49. The number of guanidine groups is 1. The topological polar surface area (TPSA) is 53.6 Å². The van der Waals surface area contributed by atoms with Gasteiger partial charge in [0.1, 0.15) is 0 Å². The summed E-state index contributed by atoms with van der Waals surface area (Å²) < 4.78 is 0. The minimum absolute atomic E-state index is 0.524. The van der Waals surface area contributed by atoms with Crippen LogP contribution in [0.15, 0.2) is 17.1 Å². The van der Waals surface area contributed by atoms with E-state index in [1.807, 2.05) is 6.92 Å². The average Bonchev–Trinajstić information content (AvgIpc) is 2.31. The molecule has 0 atom stereocenters. The van der Waals surface area contributed by atoms with Crippen molar-refractivity contribution in [1.29, 1.82) is 0 Å². The molecule has 0 aliphatic rings. The molecule has 0 amide bonds. The second-order valence-corrected chi connectivity index (χ2v) is 4.32. The zero-order chi connectivity index (χ0) is 13.1. The van der Waals surface area contributed by atoms with Gasteiger partial charge in [0.25, 0.3) is 0 Å². The average molecular weight is 240 g/mol. The highest BCUT2D eigenvalue weighted by Gasteiger charge is 1.98. The second-order valence-electron chi connectivity index (χ2n) is 4.32. The van der Waals surface area contributed by atoms with Gasteiger partial charge in [0.15, 0.2) is 5.96 Å². The lowest BCUT2D eigenvalue weighted by molar-refractivity contribution is 0.297. The highest BCUT2D eigenvalue weighted by molar-refractivity contribution is 5.77. The van der Waals surface area contributed by atoms with Crippen molar-refractivity contribution in [3.05, 3.63) is 12.2 Å². The van der Waals surface area contributed by atoms with Crippen molar-refractivity contribution < 1.29 is 0 Å². The van der Waals surface area contributed by atoms with E-state index in [2.05, 4.69) is 35.6 Å². The van der Waals surface area contributed by atoms with E-state index in [9.17, 15) is 0 Å². The van der Waals surface area contributed by atoms with E-state index in [0.29, 0.717) is 12.5 Å². The highest BCUT2D eigenvalue weighted by atomic mass is 15.1. The molecule has 4 nitrogen and oxygen atoms in total. The molecule has 0 heterocycles. The molecule has 0 spiro atoms. The zero-order valence-corrected chi connectivity index (χ0v) is 11.6. The smallest absolute Gasteiger partial charge is 0.188 e. The van der Waals surface area contributed by atoms with E-state index in [-0.39, 0.29) is 0 Å². The third-order valence-corrected chi connectivity index (χ3v) is 2.62. The third kappa shape index (κ3) is 9.87. The number of nitrogens with zero attached hydrogens (tertiary/aromatic N) is 2. The summed E-state index contributed by atoms with van der Waals surface area (Å²) >= 11 is 0. The molecular weight excluding hydrogens is 212 g/mol. The summed E-state index contributed by atoms with van der Waals surface area (Å²) in [5.41, 5.74) is 6.73. The van der Waals surface area contributed by atoms with Crippen LogP contribution in [0.5, 0.6) is 0 Å². The molecule has 4 heteroatoms. The molecule has 0 unspecified atom stereocenters. The molecule has 0 aromatic carbocycles. The maximum atomic E-state index is 5.70. The van der Waals surface area contributed by atoms with Gasteiger partial charge >= 0.3 is 0 Å². The number of nitrogens with one attached hydrogen (secondary N) is 1. The summed E-state index contributed by atoms with van der Waals surface area (Å²) in [6.45, 7) is 15.1. The van der Waals surface area contributed by atoms with Gasteiger partial charge in [-0.15, -0.1) is 0 Å². The van der Waals surface area contributed by atoms with Gasteiger partial charge in [-0.3, -0.25) is 0 Å². The summed E-state index contributed by atoms with van der Waals surface area (Å²) in [7, 11) is 0. The first-order valence-electron chi connectivity index (χ1n) is 6.50. The first-order valence-corrected chi connectivity index (χ1v) is 6.50. The van der Waals surface area contributed by atoms with Gasteiger partial charge in [0.2, 0.25) is 0 Å². The van der Waals surface area contributed by atoms with Crippen LogP contribution in [0.4, 0.5) is 0 Å². The van der Waals surface area contributed by atoms with Crippen LogP contribution in [-0.2, 0) is 0 Å². The standard InChI is InChI=1S/C13H28N4/c1-5-17(6-2)10-8-7-9-15-13(14)16-11-12(3)4/h3,5-11H2,1-2,4H3,(H3,14,15,16). The lowest BCUT2D eigenvalue weighted by atomic mass is 10.3. The van der Waals surface area contributed by atoms with Gasteiger partial charge in [0.05, 0.1) is 6.54 Å². The van der Waals surface area contributed by atoms with Gasteiger partial charge in [-0.25, -0.2) is 4.99 Å². The maximum Gasteiger partial charge on any atom is 0.188 e. The van der Waals surface area contributed by atoms with Crippen LogP contribution in [0.2, 0.25) is 0 Å². The van der Waals surface area contributed by atoms with Crippen LogP contribution in [-0.4, -0.2) is 43.6 Å². The zero-order valence-electron chi connectivity index (χ0n) is 11.6. The van der Waals surface area contributed by atoms with Crippen molar-refractivity contribution in [2.24, 2.45) is 10.7 Å². The molecule has 0 radical (unpaired) electrons. The number of rotatable bonds is 9. The molecule has 0 bridgehead atoms. The number of nitrogens with two attached hydrogens (primary N) is 1. The van der Waals surface area contributed by atoms with E-state index < -0.39 is 0 Å². The monoisotopic (exact) mass is 240 g/mol. The molecule has 17 heavy (non-hydrogen) atoms. The predicted octanol–water partition coefficient (Wildman–Crippen LogP) is 1.59. The molecule has 0 saturated carbocycles. The Morgan fingerprint density at radius 3 is 2.47 bits per heavy atom. The van der Waals surface area contributed by atoms with E-state index in [1.165, 1.54) is 6.42 Å². The van der Waals surface area contributed by atoms with Crippen LogP contribution in [0.3, 0.4) is 0 Å². The van der Waals surface area contributed by atoms with Crippen LogP contribution in [0.25, 0.3) is 0 Å². The molecule has 3 N–H and O–H groups in total. The van der Waals surface area contributed by atoms with Crippen molar-refractivity contribution in [2.75, 3.05) is 32.7 Å². The number of unbranched alkanes of at least 4 members (excludes halogenated alkanes) is 1. The Kier molecular flexibility index (Phi) is 9.53. The summed E-state index contributed by atoms with van der Waals surface area (Å²) in [6, 6.07) is 0. The Hall–Kier alpha value is -1.03. The summed E-state index contributed by atoms with van der Waals surface area (Å²) in [6.07, 6.45) is 2.32. The van der Waals surface area contributed by atoms with Crippen LogP contribution >= 0.6 is 0 Å². The fourth-order valence-electron chi connectivity index (χ4n) is 1.49. The van der Waals surface area contributed by atoms with E-state index in [0.717, 1.165) is 38.2 Å². The van der Waals surface area contributed by atoms with E-state index >= 15 is 0 Å². The molecule has 0 rings (SSSR count). The number of aliphatic imine (C=N–C) groups is 1. The molecule has 0 aromatic rings. The molecule has 0 aromatic heterocycles. The Labute approximate surface area is 106 Å². The van der Waals surface area contributed by atoms with Crippen molar-refractivity contribution in [1.82, 2.24) is 10.2 Å². The number of hydrogen-bond acceptors (Lipinski definition) is 2. The molecule has 0 saturated heterocycles. The van der Waals surface area contributed by atoms with Crippen molar-refractivity contribution in [2.45, 2.75) is 33.6 Å². The minimum atomic E-state index is 0.524. The van der Waals surface area contributed by atoms with Gasteiger partial charge in [-0.05, 0) is 39.4 Å².